The number of hydrazone groups is 1. The normalized spacial score (nSPS) is 11.4. The van der Waals surface area contributed by atoms with Crippen molar-refractivity contribution in [2.75, 3.05) is 12.5 Å². The van der Waals surface area contributed by atoms with Gasteiger partial charge in [0.2, 0.25) is 0 Å². The molecule has 0 radical (unpaired) electrons. The molecule has 2 aromatic heterocycles. The summed E-state index contributed by atoms with van der Waals surface area (Å²) in [5.41, 5.74) is 6.03. The number of benzene rings is 2. The zero-order valence-corrected chi connectivity index (χ0v) is 12.9. The zero-order chi connectivity index (χ0) is 16.4. The quantitative estimate of drug-likeness (QED) is 0.446. The third-order valence-electron chi connectivity index (χ3n) is 3.63. The van der Waals surface area contributed by atoms with E-state index < -0.39 is 0 Å². The van der Waals surface area contributed by atoms with E-state index in [0.717, 1.165) is 27.7 Å². The molecule has 0 bridgehead atoms. The van der Waals surface area contributed by atoms with Gasteiger partial charge in [0.25, 0.3) is 5.95 Å². The summed E-state index contributed by atoms with van der Waals surface area (Å²) >= 11 is 0. The van der Waals surface area contributed by atoms with Crippen LogP contribution in [-0.4, -0.2) is 33.5 Å². The molecule has 24 heavy (non-hydrogen) atoms. The average molecular weight is 318 g/mol. The van der Waals surface area contributed by atoms with Crippen molar-refractivity contribution in [1.82, 2.24) is 20.2 Å². The van der Waals surface area contributed by atoms with Crippen molar-refractivity contribution in [3.8, 4) is 5.75 Å². The minimum Gasteiger partial charge on any atom is -0.496 e. The second kappa shape index (κ2) is 5.96. The van der Waals surface area contributed by atoms with E-state index in [0.29, 0.717) is 11.6 Å². The lowest BCUT2D eigenvalue weighted by Crippen LogP contribution is -1.99. The minimum absolute atomic E-state index is 0.320. The molecule has 0 atom stereocenters. The molecule has 0 aliphatic rings. The van der Waals surface area contributed by atoms with Crippen LogP contribution in [0.5, 0.6) is 5.75 Å². The van der Waals surface area contributed by atoms with Crippen molar-refractivity contribution in [3.63, 3.8) is 0 Å². The molecule has 7 nitrogen and oxygen atoms in total. The third kappa shape index (κ3) is 2.52. The lowest BCUT2D eigenvalue weighted by Gasteiger charge is -2.02. The van der Waals surface area contributed by atoms with Crippen LogP contribution in [0.25, 0.3) is 22.1 Å². The van der Waals surface area contributed by atoms with Gasteiger partial charge >= 0.3 is 0 Å². The molecule has 4 aromatic rings. The minimum atomic E-state index is 0.320. The Bertz CT molecular complexity index is 1040. The molecule has 0 saturated carbocycles. The van der Waals surface area contributed by atoms with Gasteiger partial charge in [-0.3, -0.25) is 0 Å². The number of para-hydroxylation sites is 2. The first-order chi connectivity index (χ1) is 11.8. The number of nitrogens with one attached hydrogen (secondary N) is 2. The first-order valence-electron chi connectivity index (χ1n) is 7.38. The first kappa shape index (κ1) is 14.1. The Kier molecular flexibility index (Phi) is 3.51. The topological polar surface area (TPSA) is 88.1 Å². The molecule has 2 aromatic carbocycles. The highest BCUT2D eigenvalue weighted by Crippen LogP contribution is 2.21. The summed E-state index contributed by atoms with van der Waals surface area (Å²) in [6.45, 7) is 0. The Balaban J connectivity index is 1.60. The predicted molar refractivity (Wildman–Crippen MR) is 93.4 cm³/mol. The van der Waals surface area contributed by atoms with Crippen LogP contribution >= 0.6 is 0 Å². The average Bonchev–Trinajstić information content (AvgIpc) is 3.00. The van der Waals surface area contributed by atoms with Crippen LogP contribution in [-0.2, 0) is 0 Å². The molecule has 0 amide bonds. The molecule has 0 spiro atoms. The van der Waals surface area contributed by atoms with E-state index in [1.54, 1.807) is 13.3 Å². The fourth-order valence-corrected chi connectivity index (χ4v) is 2.50. The van der Waals surface area contributed by atoms with Crippen LogP contribution in [0, 0.1) is 0 Å². The third-order valence-corrected chi connectivity index (χ3v) is 3.63. The fraction of sp³-hybridized carbons (Fsp3) is 0.0588. The van der Waals surface area contributed by atoms with Crippen LogP contribution in [0.1, 0.15) is 5.56 Å². The first-order valence-corrected chi connectivity index (χ1v) is 7.38. The number of nitrogens with zero attached hydrogens (tertiary/aromatic N) is 4. The Morgan fingerprint density at radius 1 is 1.08 bits per heavy atom. The number of H-pyrrole nitrogens is 1. The maximum Gasteiger partial charge on any atom is 0.265 e. The molecule has 2 N–H and O–H groups in total. The van der Waals surface area contributed by atoms with Gasteiger partial charge in [-0.05, 0) is 18.2 Å². The van der Waals surface area contributed by atoms with Crippen LogP contribution in [0.4, 0.5) is 5.95 Å². The number of rotatable bonds is 4. The maximum atomic E-state index is 5.27. The molecule has 2 heterocycles. The predicted octanol–water partition coefficient (Wildman–Crippen LogP) is 2.96. The van der Waals surface area contributed by atoms with Gasteiger partial charge in [0.15, 0.2) is 5.65 Å². The van der Waals surface area contributed by atoms with Crippen LogP contribution in [0.3, 0.4) is 0 Å². The second-order valence-electron chi connectivity index (χ2n) is 5.12. The van der Waals surface area contributed by atoms with Crippen molar-refractivity contribution >= 4 is 34.2 Å². The lowest BCUT2D eigenvalue weighted by atomic mass is 10.2. The van der Waals surface area contributed by atoms with E-state index in [4.69, 9.17) is 4.74 Å². The van der Waals surface area contributed by atoms with Crippen molar-refractivity contribution in [1.29, 1.82) is 0 Å². The molecule has 118 valence electrons. The Hall–Kier alpha value is -3.48. The zero-order valence-electron chi connectivity index (χ0n) is 12.9. The van der Waals surface area contributed by atoms with Crippen LogP contribution < -0.4 is 10.2 Å². The van der Waals surface area contributed by atoms with Gasteiger partial charge in [-0.2, -0.15) is 10.1 Å². The second-order valence-corrected chi connectivity index (χ2v) is 5.12. The highest BCUT2D eigenvalue weighted by atomic mass is 16.5. The summed E-state index contributed by atoms with van der Waals surface area (Å²) in [5, 5.41) is 13.4. The van der Waals surface area contributed by atoms with E-state index >= 15 is 0 Å². The maximum absolute atomic E-state index is 5.27. The summed E-state index contributed by atoms with van der Waals surface area (Å²) in [6.07, 6.45) is 1.65. The van der Waals surface area contributed by atoms with Gasteiger partial charge in [0.05, 0.1) is 13.3 Å². The van der Waals surface area contributed by atoms with E-state index in [9.17, 15) is 0 Å². The van der Waals surface area contributed by atoms with Gasteiger partial charge in [-0.25, -0.2) is 5.43 Å². The summed E-state index contributed by atoms with van der Waals surface area (Å²) in [7, 11) is 1.62. The highest BCUT2D eigenvalue weighted by Gasteiger charge is 2.08. The van der Waals surface area contributed by atoms with Crippen molar-refractivity contribution < 1.29 is 4.74 Å². The number of hydrogen-bond acceptors (Lipinski definition) is 6. The molecule has 0 aliphatic carbocycles. The molecule has 0 saturated heterocycles. The fourth-order valence-electron chi connectivity index (χ4n) is 2.50. The van der Waals surface area contributed by atoms with Gasteiger partial charge in [0, 0.05) is 16.5 Å². The van der Waals surface area contributed by atoms with Crippen LogP contribution in [0.2, 0.25) is 0 Å². The molecule has 4 rings (SSSR count). The number of ether oxygens (including phenoxy) is 1. The number of anilines is 1. The Morgan fingerprint density at radius 3 is 2.83 bits per heavy atom. The molecular weight excluding hydrogens is 304 g/mol. The largest absolute Gasteiger partial charge is 0.496 e. The number of fused-ring (bicyclic) bond motifs is 3. The van der Waals surface area contributed by atoms with Crippen molar-refractivity contribution in [2.24, 2.45) is 5.10 Å². The van der Waals surface area contributed by atoms with E-state index in [1.165, 1.54) is 0 Å². The monoisotopic (exact) mass is 318 g/mol. The highest BCUT2D eigenvalue weighted by molar-refractivity contribution is 6.03. The van der Waals surface area contributed by atoms with Gasteiger partial charge in [0.1, 0.15) is 11.3 Å². The summed E-state index contributed by atoms with van der Waals surface area (Å²) < 4.78 is 5.27. The molecule has 0 fully saturated rings. The van der Waals surface area contributed by atoms with Crippen LogP contribution in [0.15, 0.2) is 53.6 Å². The lowest BCUT2D eigenvalue weighted by molar-refractivity contribution is 0.414. The number of aromatic amines is 1. The van der Waals surface area contributed by atoms with Gasteiger partial charge in [-0.1, -0.05) is 30.3 Å². The number of methoxy groups -OCH3 is 1. The van der Waals surface area contributed by atoms with Crippen molar-refractivity contribution in [2.45, 2.75) is 0 Å². The summed E-state index contributed by atoms with van der Waals surface area (Å²) in [5.74, 6) is 1.06. The van der Waals surface area contributed by atoms with E-state index in [2.05, 4.69) is 30.7 Å². The Labute approximate surface area is 137 Å². The smallest absolute Gasteiger partial charge is 0.265 e. The number of hydrogen-bond donors (Lipinski definition) is 2. The van der Waals surface area contributed by atoms with Crippen molar-refractivity contribution in [3.05, 3.63) is 54.1 Å². The van der Waals surface area contributed by atoms with Gasteiger partial charge in [-0.15, -0.1) is 10.2 Å². The van der Waals surface area contributed by atoms with E-state index in [1.807, 2.05) is 48.5 Å². The van der Waals surface area contributed by atoms with E-state index in [-0.39, 0.29) is 0 Å². The number of aromatic nitrogens is 4. The molecule has 7 heteroatoms. The summed E-state index contributed by atoms with van der Waals surface area (Å²) in [4.78, 5) is 7.62. The standard InChI is InChI=1S/C17H14N6O/c1-24-14-9-5-2-6-11(14)10-18-22-17-20-16-15(21-23-17)12-7-3-4-8-13(12)19-16/h2-10H,1H3,(H2,19,20,22,23). The molecule has 0 aliphatic heterocycles. The molecule has 0 unspecified atom stereocenters. The van der Waals surface area contributed by atoms with Gasteiger partial charge < -0.3 is 9.72 Å². The SMILES string of the molecule is COc1ccccc1C=NNc1nnc2c(n1)[nH]c1ccccc12. The summed E-state index contributed by atoms with van der Waals surface area (Å²) in [6, 6.07) is 15.5. The molecular formula is C17H14N6O. The Morgan fingerprint density at radius 2 is 1.92 bits per heavy atom.